The largest absolute Gasteiger partial charge is 0.389 e. The molecule has 10 heteroatoms. The van der Waals surface area contributed by atoms with Gasteiger partial charge in [-0.05, 0) is 5.53 Å². The molecule has 2 aliphatic rings. The summed E-state index contributed by atoms with van der Waals surface area (Å²) >= 11 is 0. The third-order valence-electron chi connectivity index (χ3n) is 4.46. The lowest BCUT2D eigenvalue weighted by molar-refractivity contribution is -0.306. The van der Waals surface area contributed by atoms with Crippen molar-refractivity contribution in [2.24, 2.45) is 5.11 Å². The molecule has 1 aromatic rings. The van der Waals surface area contributed by atoms with Crippen LogP contribution in [0, 0.1) is 0 Å². The lowest BCUT2D eigenvalue weighted by atomic mass is 9.92. The van der Waals surface area contributed by atoms with Crippen molar-refractivity contribution in [1.29, 1.82) is 0 Å². The van der Waals surface area contributed by atoms with Gasteiger partial charge in [0, 0.05) is 17.5 Å². The number of carbonyl (C=O) groups is 1. The summed E-state index contributed by atoms with van der Waals surface area (Å²) in [6.45, 7) is 0.120. The lowest BCUT2D eigenvalue weighted by Gasteiger charge is -2.46. The summed E-state index contributed by atoms with van der Waals surface area (Å²) in [4.78, 5) is 20.0. The van der Waals surface area contributed by atoms with E-state index in [1.165, 1.54) is 14.2 Å². The fraction of sp³-hybridized carbons (Fsp3) is 0.562. The second-order valence-corrected chi connectivity index (χ2v) is 5.98. The number of amides is 1. The van der Waals surface area contributed by atoms with E-state index in [9.17, 15) is 9.90 Å². The second kappa shape index (κ2) is 8.00. The highest BCUT2D eigenvalue weighted by Gasteiger charge is 2.51. The van der Waals surface area contributed by atoms with Gasteiger partial charge >= 0.3 is 0 Å². The zero-order valence-electron chi connectivity index (χ0n) is 14.3. The first kappa shape index (κ1) is 18.6. The molecule has 1 aromatic carbocycles. The van der Waals surface area contributed by atoms with Crippen molar-refractivity contribution in [3.05, 3.63) is 46.3 Å². The van der Waals surface area contributed by atoms with Gasteiger partial charge < -0.3 is 19.3 Å². The molecule has 0 radical (unpaired) electrons. The summed E-state index contributed by atoms with van der Waals surface area (Å²) in [5, 5.41) is 15.2. The molecule has 0 aliphatic carbocycles. The fourth-order valence-electron chi connectivity index (χ4n) is 3.06. The van der Waals surface area contributed by atoms with Gasteiger partial charge in [0.2, 0.25) is 0 Å². The van der Waals surface area contributed by atoms with Crippen molar-refractivity contribution in [1.82, 2.24) is 5.06 Å². The first-order chi connectivity index (χ1) is 12.6. The van der Waals surface area contributed by atoms with Gasteiger partial charge in [0.1, 0.15) is 18.3 Å². The number of hydrogen-bond donors (Lipinski definition) is 1. The topological polar surface area (TPSA) is 126 Å². The van der Waals surface area contributed by atoms with Gasteiger partial charge in [0.25, 0.3) is 5.91 Å². The number of hydroxylamine groups is 2. The SMILES string of the molecule is CON(C)C(=O)[C@@H]1OC2COC(c3ccccc3)O[C@@H]2[C@H](N=[N+]=[N-])C1O. The number of aliphatic hydroxyl groups is 1. The summed E-state index contributed by atoms with van der Waals surface area (Å²) in [6, 6.07) is 8.24. The molecule has 0 bridgehead atoms. The fourth-order valence-corrected chi connectivity index (χ4v) is 3.06. The van der Waals surface area contributed by atoms with Gasteiger partial charge in [0.15, 0.2) is 12.4 Å². The minimum absolute atomic E-state index is 0.120. The Morgan fingerprint density at radius 2 is 2.12 bits per heavy atom. The van der Waals surface area contributed by atoms with E-state index in [0.29, 0.717) is 0 Å². The standard InChI is InChI=1S/C16H20N4O6/c1-20(23-2)15(22)14-12(21)11(18-19-17)13-10(25-14)8-24-16(26-13)9-6-4-3-5-7-9/h3-7,10-14,16,21H,8H2,1-2H3/t10?,11-,12?,13+,14-,16?/m1/s1. The predicted molar refractivity (Wildman–Crippen MR) is 87.4 cm³/mol. The summed E-state index contributed by atoms with van der Waals surface area (Å²) in [5.74, 6) is -0.596. The first-order valence-electron chi connectivity index (χ1n) is 8.08. The number of benzene rings is 1. The Morgan fingerprint density at radius 3 is 2.77 bits per heavy atom. The van der Waals surface area contributed by atoms with Crippen LogP contribution < -0.4 is 0 Å². The number of likely N-dealkylation sites (N-methyl/N-ethyl adjacent to an activating group) is 1. The highest BCUT2D eigenvalue weighted by molar-refractivity contribution is 5.80. The molecule has 2 heterocycles. The van der Waals surface area contributed by atoms with E-state index >= 15 is 0 Å². The summed E-state index contributed by atoms with van der Waals surface area (Å²) in [6.07, 6.45) is -4.74. The van der Waals surface area contributed by atoms with Crippen LogP contribution in [0.5, 0.6) is 0 Å². The maximum Gasteiger partial charge on any atom is 0.277 e. The van der Waals surface area contributed by atoms with Gasteiger partial charge in [-0.2, -0.15) is 0 Å². The van der Waals surface area contributed by atoms with E-state index in [4.69, 9.17) is 24.6 Å². The molecule has 0 aromatic heterocycles. The molecule has 2 fully saturated rings. The van der Waals surface area contributed by atoms with E-state index in [1.54, 1.807) is 0 Å². The van der Waals surface area contributed by atoms with Gasteiger partial charge in [-0.1, -0.05) is 35.4 Å². The smallest absolute Gasteiger partial charge is 0.277 e. The number of rotatable bonds is 4. The van der Waals surface area contributed by atoms with Crippen molar-refractivity contribution < 1.29 is 28.9 Å². The molecule has 0 spiro atoms. The van der Waals surface area contributed by atoms with E-state index < -0.39 is 42.7 Å². The Balaban J connectivity index is 1.82. The van der Waals surface area contributed by atoms with Crippen LogP contribution >= 0.6 is 0 Å². The van der Waals surface area contributed by atoms with Crippen LogP contribution in [-0.4, -0.2) is 67.3 Å². The molecule has 3 unspecified atom stereocenters. The van der Waals surface area contributed by atoms with E-state index in [0.717, 1.165) is 10.6 Å². The summed E-state index contributed by atoms with van der Waals surface area (Å²) in [7, 11) is 2.71. The second-order valence-electron chi connectivity index (χ2n) is 5.98. The van der Waals surface area contributed by atoms with Crippen molar-refractivity contribution in [3.63, 3.8) is 0 Å². The third-order valence-corrected chi connectivity index (χ3v) is 4.46. The lowest BCUT2D eigenvalue weighted by Crippen LogP contribution is -2.64. The molecule has 1 amide bonds. The maximum absolute atomic E-state index is 12.3. The number of fused-ring (bicyclic) bond motifs is 1. The van der Waals surface area contributed by atoms with E-state index in [1.807, 2.05) is 30.3 Å². The minimum atomic E-state index is -1.38. The predicted octanol–water partition coefficient (Wildman–Crippen LogP) is 0.928. The molecule has 2 aliphatic heterocycles. The van der Waals surface area contributed by atoms with Crippen LogP contribution in [-0.2, 0) is 23.8 Å². The van der Waals surface area contributed by atoms with Crippen molar-refractivity contribution in [2.45, 2.75) is 36.7 Å². The number of ether oxygens (including phenoxy) is 3. The number of carbonyl (C=O) groups excluding carboxylic acids is 1. The minimum Gasteiger partial charge on any atom is -0.389 e. The highest BCUT2D eigenvalue weighted by Crippen LogP contribution is 2.35. The zero-order valence-corrected chi connectivity index (χ0v) is 14.3. The quantitative estimate of drug-likeness (QED) is 0.366. The molecular weight excluding hydrogens is 344 g/mol. The van der Waals surface area contributed by atoms with Gasteiger partial charge in [-0.3, -0.25) is 9.63 Å². The average Bonchev–Trinajstić information content (AvgIpc) is 2.69. The first-order valence-corrected chi connectivity index (χ1v) is 8.08. The van der Waals surface area contributed by atoms with Crippen molar-refractivity contribution in [3.8, 4) is 0 Å². The van der Waals surface area contributed by atoms with Crippen LogP contribution in [0.4, 0.5) is 0 Å². The van der Waals surface area contributed by atoms with Gasteiger partial charge in [-0.25, -0.2) is 5.06 Å². The normalized spacial score (nSPS) is 33.7. The Hall–Kier alpha value is -2.20. The van der Waals surface area contributed by atoms with Crippen LogP contribution in [0.15, 0.2) is 35.4 Å². The molecule has 1 N–H and O–H groups in total. The number of aliphatic hydroxyl groups excluding tert-OH is 1. The van der Waals surface area contributed by atoms with E-state index in [2.05, 4.69) is 10.0 Å². The Morgan fingerprint density at radius 1 is 1.38 bits per heavy atom. The molecule has 140 valence electrons. The molecule has 2 saturated heterocycles. The molecular formula is C16H20N4O6. The van der Waals surface area contributed by atoms with Crippen molar-refractivity contribution >= 4 is 5.91 Å². The van der Waals surface area contributed by atoms with Crippen LogP contribution in [0.25, 0.3) is 10.4 Å². The summed E-state index contributed by atoms with van der Waals surface area (Å²) < 4.78 is 17.3. The number of nitrogens with zero attached hydrogens (tertiary/aromatic N) is 4. The Labute approximate surface area is 149 Å². The third kappa shape index (κ3) is 3.51. The molecule has 10 nitrogen and oxygen atoms in total. The Bertz CT molecular complexity index is 683. The highest BCUT2D eigenvalue weighted by atomic mass is 16.7. The average molecular weight is 364 g/mol. The van der Waals surface area contributed by atoms with Crippen LogP contribution in [0.2, 0.25) is 0 Å². The van der Waals surface area contributed by atoms with Crippen molar-refractivity contribution in [2.75, 3.05) is 20.8 Å². The molecule has 6 atom stereocenters. The van der Waals surface area contributed by atoms with E-state index in [-0.39, 0.29) is 6.61 Å². The summed E-state index contributed by atoms with van der Waals surface area (Å²) in [5.41, 5.74) is 9.68. The van der Waals surface area contributed by atoms with Crippen LogP contribution in [0.1, 0.15) is 11.9 Å². The van der Waals surface area contributed by atoms with Gasteiger partial charge in [-0.15, -0.1) is 0 Å². The van der Waals surface area contributed by atoms with Crippen LogP contribution in [0.3, 0.4) is 0 Å². The maximum atomic E-state index is 12.3. The number of hydrogen-bond acceptors (Lipinski definition) is 7. The monoisotopic (exact) mass is 364 g/mol. The number of azide groups is 1. The Kier molecular flexibility index (Phi) is 5.72. The zero-order chi connectivity index (χ0) is 18.7. The molecule has 3 rings (SSSR count). The molecule has 0 saturated carbocycles. The van der Waals surface area contributed by atoms with Gasteiger partial charge in [0.05, 0.1) is 19.8 Å². The molecule has 26 heavy (non-hydrogen) atoms.